The summed E-state index contributed by atoms with van der Waals surface area (Å²) < 4.78 is 17.9. The number of halogens is 1. The fraction of sp³-hybridized carbons (Fsp3) is 0.200. The van der Waals surface area contributed by atoms with Crippen molar-refractivity contribution in [2.24, 2.45) is 0 Å². The van der Waals surface area contributed by atoms with Crippen molar-refractivity contribution in [1.82, 2.24) is 4.98 Å². The van der Waals surface area contributed by atoms with Crippen LogP contribution >= 0.6 is 0 Å². The van der Waals surface area contributed by atoms with Crippen LogP contribution in [0.1, 0.15) is 28.0 Å². The number of fused-ring (bicyclic) bond motifs is 1. The highest BCUT2D eigenvalue weighted by molar-refractivity contribution is 6.10. The van der Waals surface area contributed by atoms with Crippen molar-refractivity contribution in [3.05, 3.63) is 71.2 Å². The van der Waals surface area contributed by atoms with Gasteiger partial charge in [0.25, 0.3) is 0 Å². The SMILES string of the molecule is Cc1[nH]c2ccccc2c1C(=O)COC(=O)CCc1ccc(F)cc1. The molecule has 1 N–H and O–H groups in total. The van der Waals surface area contributed by atoms with Crippen LogP contribution in [0.3, 0.4) is 0 Å². The molecule has 0 atom stereocenters. The minimum absolute atomic E-state index is 0.145. The number of para-hydroxylation sites is 1. The largest absolute Gasteiger partial charge is 0.457 e. The number of esters is 1. The Bertz CT molecular complexity index is 912. The molecular weight excluding hydrogens is 321 g/mol. The molecule has 0 bridgehead atoms. The van der Waals surface area contributed by atoms with Crippen LogP contribution in [-0.4, -0.2) is 23.3 Å². The Morgan fingerprint density at radius 2 is 1.80 bits per heavy atom. The van der Waals surface area contributed by atoms with E-state index in [0.717, 1.165) is 22.2 Å². The number of aryl methyl sites for hydroxylation is 2. The number of carbonyl (C=O) groups excluding carboxylic acids is 2. The number of carbonyl (C=O) groups is 2. The number of H-pyrrole nitrogens is 1. The average Bonchev–Trinajstić information content (AvgIpc) is 2.95. The quantitative estimate of drug-likeness (QED) is 0.546. The van der Waals surface area contributed by atoms with Crippen molar-refractivity contribution in [3.63, 3.8) is 0 Å². The maximum absolute atomic E-state index is 12.8. The van der Waals surface area contributed by atoms with Crippen molar-refractivity contribution < 1.29 is 18.7 Å². The number of aromatic nitrogens is 1. The molecule has 4 nitrogen and oxygen atoms in total. The van der Waals surface area contributed by atoms with Crippen LogP contribution in [0, 0.1) is 12.7 Å². The van der Waals surface area contributed by atoms with Crippen LogP contribution in [0.25, 0.3) is 10.9 Å². The van der Waals surface area contributed by atoms with E-state index in [-0.39, 0.29) is 24.6 Å². The van der Waals surface area contributed by atoms with Crippen molar-refractivity contribution in [2.45, 2.75) is 19.8 Å². The second kappa shape index (κ2) is 7.30. The third kappa shape index (κ3) is 3.94. The Hall–Kier alpha value is -2.95. The zero-order chi connectivity index (χ0) is 17.8. The molecule has 128 valence electrons. The second-order valence-electron chi connectivity index (χ2n) is 5.88. The minimum atomic E-state index is -0.449. The molecule has 0 aliphatic rings. The Morgan fingerprint density at radius 3 is 2.56 bits per heavy atom. The third-order valence-electron chi connectivity index (χ3n) is 4.07. The summed E-state index contributed by atoms with van der Waals surface area (Å²) in [6.45, 7) is 1.54. The summed E-state index contributed by atoms with van der Waals surface area (Å²) in [6, 6.07) is 13.5. The monoisotopic (exact) mass is 339 g/mol. The van der Waals surface area contributed by atoms with E-state index in [1.165, 1.54) is 12.1 Å². The van der Waals surface area contributed by atoms with Crippen molar-refractivity contribution in [1.29, 1.82) is 0 Å². The molecular formula is C20H18FNO3. The van der Waals surface area contributed by atoms with E-state index in [1.54, 1.807) is 12.1 Å². The summed E-state index contributed by atoms with van der Waals surface area (Å²) in [5.41, 5.74) is 3.04. The molecule has 25 heavy (non-hydrogen) atoms. The molecule has 0 radical (unpaired) electrons. The van der Waals surface area contributed by atoms with Crippen LogP contribution in [0.5, 0.6) is 0 Å². The van der Waals surface area contributed by atoms with Crippen LogP contribution in [0.15, 0.2) is 48.5 Å². The van der Waals surface area contributed by atoms with Gasteiger partial charge in [0, 0.05) is 28.6 Å². The lowest BCUT2D eigenvalue weighted by Crippen LogP contribution is -2.15. The van der Waals surface area contributed by atoms with E-state index < -0.39 is 5.97 Å². The van der Waals surface area contributed by atoms with Crippen LogP contribution in [0.4, 0.5) is 4.39 Å². The molecule has 0 spiro atoms. The highest BCUT2D eigenvalue weighted by Crippen LogP contribution is 2.22. The molecule has 0 aliphatic carbocycles. The average molecular weight is 339 g/mol. The molecule has 0 saturated carbocycles. The fourth-order valence-electron chi connectivity index (χ4n) is 2.82. The second-order valence-corrected chi connectivity index (χ2v) is 5.88. The number of ketones is 1. The highest BCUT2D eigenvalue weighted by atomic mass is 19.1. The molecule has 0 saturated heterocycles. The van der Waals surface area contributed by atoms with Gasteiger partial charge in [-0.05, 0) is 37.1 Å². The van der Waals surface area contributed by atoms with Crippen molar-refractivity contribution >= 4 is 22.7 Å². The molecule has 0 fully saturated rings. The third-order valence-corrected chi connectivity index (χ3v) is 4.07. The maximum atomic E-state index is 12.8. The van der Waals surface area contributed by atoms with E-state index >= 15 is 0 Å². The molecule has 5 heteroatoms. The first-order valence-corrected chi connectivity index (χ1v) is 8.05. The van der Waals surface area contributed by atoms with Gasteiger partial charge in [-0.2, -0.15) is 0 Å². The highest BCUT2D eigenvalue weighted by Gasteiger charge is 2.17. The molecule has 1 heterocycles. The lowest BCUT2D eigenvalue weighted by Gasteiger charge is -2.05. The molecule has 2 aromatic carbocycles. The summed E-state index contributed by atoms with van der Waals surface area (Å²) in [5, 5.41) is 0.826. The van der Waals surface area contributed by atoms with Gasteiger partial charge >= 0.3 is 5.97 Å². The van der Waals surface area contributed by atoms with E-state index in [9.17, 15) is 14.0 Å². The first-order valence-electron chi connectivity index (χ1n) is 8.05. The van der Waals surface area contributed by atoms with E-state index in [4.69, 9.17) is 4.74 Å². The van der Waals surface area contributed by atoms with Gasteiger partial charge in [0.2, 0.25) is 5.78 Å². The topological polar surface area (TPSA) is 59.2 Å². The van der Waals surface area contributed by atoms with E-state index in [2.05, 4.69) is 4.98 Å². The predicted octanol–water partition coefficient (Wildman–Crippen LogP) is 3.97. The number of hydrogen-bond donors (Lipinski definition) is 1. The van der Waals surface area contributed by atoms with Gasteiger partial charge < -0.3 is 9.72 Å². The number of aromatic amines is 1. The lowest BCUT2D eigenvalue weighted by atomic mass is 10.1. The number of hydrogen-bond acceptors (Lipinski definition) is 3. The zero-order valence-electron chi connectivity index (χ0n) is 13.8. The van der Waals surface area contributed by atoms with Crippen molar-refractivity contribution in [2.75, 3.05) is 6.61 Å². The summed E-state index contributed by atoms with van der Waals surface area (Å²) in [7, 11) is 0. The molecule has 3 aromatic rings. The maximum Gasteiger partial charge on any atom is 0.306 e. The predicted molar refractivity (Wildman–Crippen MR) is 93.0 cm³/mol. The number of Topliss-reactive ketones (excluding diaryl/α,β-unsaturated/α-hetero) is 1. The summed E-state index contributed by atoms with van der Waals surface area (Å²) >= 11 is 0. The van der Waals surface area contributed by atoms with Gasteiger partial charge in [0.15, 0.2) is 6.61 Å². The van der Waals surface area contributed by atoms with Crippen molar-refractivity contribution in [3.8, 4) is 0 Å². The van der Waals surface area contributed by atoms with Gasteiger partial charge in [0.05, 0.1) is 0 Å². The normalized spacial score (nSPS) is 10.8. The van der Waals surface area contributed by atoms with Gasteiger partial charge in [-0.3, -0.25) is 9.59 Å². The first kappa shape index (κ1) is 16.9. The molecule has 0 amide bonds. The molecule has 0 unspecified atom stereocenters. The minimum Gasteiger partial charge on any atom is -0.457 e. The number of ether oxygens (including phenoxy) is 1. The number of benzene rings is 2. The fourth-order valence-corrected chi connectivity index (χ4v) is 2.82. The number of rotatable bonds is 6. The first-order chi connectivity index (χ1) is 12.0. The lowest BCUT2D eigenvalue weighted by molar-refractivity contribution is -0.142. The van der Waals surface area contributed by atoms with Gasteiger partial charge in [-0.1, -0.05) is 30.3 Å². The Labute approximate surface area is 144 Å². The molecule has 0 aliphatic heterocycles. The Balaban J connectivity index is 1.57. The molecule has 1 aromatic heterocycles. The van der Waals surface area contributed by atoms with E-state index in [1.807, 2.05) is 31.2 Å². The Morgan fingerprint density at radius 1 is 1.08 bits per heavy atom. The van der Waals surface area contributed by atoms with Crippen LogP contribution in [0.2, 0.25) is 0 Å². The zero-order valence-corrected chi connectivity index (χ0v) is 13.8. The van der Waals surface area contributed by atoms with Crippen LogP contribution in [-0.2, 0) is 16.0 Å². The standard InChI is InChI=1S/C20H18FNO3/c1-13-20(16-4-2-3-5-17(16)22-13)18(23)12-25-19(24)11-8-14-6-9-15(21)10-7-14/h2-7,9-10,22H,8,11-12H2,1H3. The summed E-state index contributed by atoms with van der Waals surface area (Å²) in [6.07, 6.45) is 0.588. The van der Waals surface area contributed by atoms with Gasteiger partial charge in [-0.25, -0.2) is 4.39 Å². The smallest absolute Gasteiger partial charge is 0.306 e. The van der Waals surface area contributed by atoms with Crippen LogP contribution < -0.4 is 0 Å². The molecule has 3 rings (SSSR count). The summed E-state index contributed by atoms with van der Waals surface area (Å²) in [4.78, 5) is 27.4. The summed E-state index contributed by atoms with van der Waals surface area (Å²) in [5.74, 6) is -0.994. The Kier molecular flexibility index (Phi) is 4.93. The number of nitrogens with one attached hydrogen (secondary N) is 1. The van der Waals surface area contributed by atoms with Gasteiger partial charge in [0.1, 0.15) is 5.82 Å². The van der Waals surface area contributed by atoms with E-state index in [0.29, 0.717) is 12.0 Å². The van der Waals surface area contributed by atoms with Gasteiger partial charge in [-0.15, -0.1) is 0 Å².